The van der Waals surface area contributed by atoms with Gasteiger partial charge in [0.05, 0.1) is 5.56 Å². The molecule has 2 aromatic carbocycles. The fourth-order valence-corrected chi connectivity index (χ4v) is 2.30. The van der Waals surface area contributed by atoms with Gasteiger partial charge in [0.2, 0.25) is 0 Å². The van der Waals surface area contributed by atoms with Crippen molar-refractivity contribution in [2.45, 2.75) is 19.4 Å². The zero-order valence-electron chi connectivity index (χ0n) is 12.2. The van der Waals surface area contributed by atoms with Gasteiger partial charge < -0.3 is 10.1 Å². The Morgan fingerprint density at radius 3 is 2.59 bits per heavy atom. The molecule has 1 N–H and O–H groups in total. The summed E-state index contributed by atoms with van der Waals surface area (Å²) >= 11 is 5.87. The monoisotopic (exact) mass is 315 g/mol. The van der Waals surface area contributed by atoms with Gasteiger partial charge in [-0.2, -0.15) is 0 Å². The van der Waals surface area contributed by atoms with Crippen LogP contribution in [0.5, 0.6) is 5.75 Å². The molecule has 2 aromatic rings. The van der Waals surface area contributed by atoms with E-state index in [0.29, 0.717) is 28.9 Å². The number of ether oxygens (including phenoxy) is 1. The maximum absolute atomic E-state index is 12.2. The van der Waals surface area contributed by atoms with Crippen LogP contribution in [0.1, 0.15) is 28.8 Å². The summed E-state index contributed by atoms with van der Waals surface area (Å²) < 4.78 is 5.80. The third-order valence-electron chi connectivity index (χ3n) is 3.69. The molecule has 22 heavy (non-hydrogen) atoms. The molecule has 0 unspecified atom stereocenters. The molecule has 1 saturated carbocycles. The topological polar surface area (TPSA) is 38.3 Å². The first kappa shape index (κ1) is 14.9. The first-order chi connectivity index (χ1) is 10.7. The Balaban J connectivity index is 1.64. The summed E-state index contributed by atoms with van der Waals surface area (Å²) in [6.07, 6.45) is 2.43. The lowest BCUT2D eigenvalue weighted by Crippen LogP contribution is -2.26. The van der Waals surface area contributed by atoms with E-state index < -0.39 is 0 Å². The summed E-state index contributed by atoms with van der Waals surface area (Å²) in [6, 6.07) is 14.8. The summed E-state index contributed by atoms with van der Waals surface area (Å²) in [4.78, 5) is 12.2. The van der Waals surface area contributed by atoms with Crippen molar-refractivity contribution < 1.29 is 9.53 Å². The van der Waals surface area contributed by atoms with Crippen molar-refractivity contribution in [1.29, 1.82) is 0 Å². The van der Waals surface area contributed by atoms with E-state index >= 15 is 0 Å². The highest BCUT2D eigenvalue weighted by Gasteiger charge is 2.22. The van der Waals surface area contributed by atoms with E-state index in [2.05, 4.69) is 5.32 Å². The van der Waals surface area contributed by atoms with E-state index in [9.17, 15) is 4.79 Å². The third kappa shape index (κ3) is 4.01. The summed E-state index contributed by atoms with van der Waals surface area (Å²) in [7, 11) is 0. The van der Waals surface area contributed by atoms with Gasteiger partial charge in [0.15, 0.2) is 0 Å². The normalized spacial score (nSPS) is 13.7. The molecule has 0 aromatic heterocycles. The van der Waals surface area contributed by atoms with E-state index in [0.717, 1.165) is 12.1 Å². The number of halogens is 1. The largest absolute Gasteiger partial charge is 0.488 e. The maximum Gasteiger partial charge on any atom is 0.255 e. The minimum atomic E-state index is -0.0707. The van der Waals surface area contributed by atoms with Gasteiger partial charge in [-0.3, -0.25) is 4.79 Å². The molecule has 0 atom stereocenters. The molecule has 1 fully saturated rings. The lowest BCUT2D eigenvalue weighted by atomic mass is 10.2. The van der Waals surface area contributed by atoms with Gasteiger partial charge >= 0.3 is 0 Å². The second-order valence-corrected chi connectivity index (χ2v) is 6.00. The van der Waals surface area contributed by atoms with E-state index in [1.165, 1.54) is 12.8 Å². The molecule has 114 valence electrons. The molecule has 0 radical (unpaired) electrons. The van der Waals surface area contributed by atoms with Crippen molar-refractivity contribution in [1.82, 2.24) is 5.32 Å². The predicted molar refractivity (Wildman–Crippen MR) is 87.3 cm³/mol. The van der Waals surface area contributed by atoms with Crippen LogP contribution in [0.3, 0.4) is 0 Å². The zero-order valence-corrected chi connectivity index (χ0v) is 13.0. The molecule has 0 spiro atoms. The second-order valence-electron chi connectivity index (χ2n) is 5.56. The smallest absolute Gasteiger partial charge is 0.255 e. The lowest BCUT2D eigenvalue weighted by molar-refractivity contribution is 0.0947. The minimum Gasteiger partial charge on any atom is -0.488 e. The number of carbonyl (C=O) groups is 1. The standard InChI is InChI=1S/C18H18ClNO2/c19-15-9-7-14(8-10-15)12-22-17-4-2-1-3-16(17)18(21)20-11-13-5-6-13/h1-4,7-10,13H,5-6,11-12H2,(H,20,21). The van der Waals surface area contributed by atoms with Gasteiger partial charge in [-0.25, -0.2) is 0 Å². The number of rotatable bonds is 6. The number of benzene rings is 2. The Hall–Kier alpha value is -2.00. The van der Waals surface area contributed by atoms with Crippen LogP contribution in [0.25, 0.3) is 0 Å². The fourth-order valence-electron chi connectivity index (χ4n) is 2.18. The van der Waals surface area contributed by atoms with Crippen molar-refractivity contribution >= 4 is 17.5 Å². The van der Waals surface area contributed by atoms with Crippen LogP contribution in [0.4, 0.5) is 0 Å². The van der Waals surface area contributed by atoms with Crippen LogP contribution in [0.15, 0.2) is 48.5 Å². The Labute approximate surface area is 135 Å². The number of hydrogen-bond donors (Lipinski definition) is 1. The summed E-state index contributed by atoms with van der Waals surface area (Å²) in [5.41, 5.74) is 1.59. The lowest BCUT2D eigenvalue weighted by Gasteiger charge is -2.11. The SMILES string of the molecule is O=C(NCC1CC1)c1ccccc1OCc1ccc(Cl)cc1. The Morgan fingerprint density at radius 1 is 1.14 bits per heavy atom. The predicted octanol–water partition coefficient (Wildman–Crippen LogP) is 4.06. The number of nitrogens with one attached hydrogen (secondary N) is 1. The van der Waals surface area contributed by atoms with Crippen LogP contribution in [0, 0.1) is 5.92 Å². The molecular formula is C18H18ClNO2. The van der Waals surface area contributed by atoms with Gasteiger partial charge in [-0.15, -0.1) is 0 Å². The Kier molecular flexibility index (Phi) is 4.64. The first-order valence-corrected chi connectivity index (χ1v) is 7.84. The molecule has 0 heterocycles. The van der Waals surface area contributed by atoms with Gasteiger partial charge in [0.1, 0.15) is 12.4 Å². The fraction of sp³-hybridized carbons (Fsp3) is 0.278. The molecule has 1 aliphatic carbocycles. The van der Waals surface area contributed by atoms with Gasteiger partial charge in [0, 0.05) is 11.6 Å². The van der Waals surface area contributed by atoms with E-state index in [1.54, 1.807) is 6.07 Å². The minimum absolute atomic E-state index is 0.0707. The second kappa shape index (κ2) is 6.84. The van der Waals surface area contributed by atoms with Crippen LogP contribution < -0.4 is 10.1 Å². The Bertz CT molecular complexity index is 650. The van der Waals surface area contributed by atoms with E-state index in [4.69, 9.17) is 16.3 Å². The van der Waals surface area contributed by atoms with Crippen molar-refractivity contribution in [2.75, 3.05) is 6.54 Å². The maximum atomic E-state index is 12.2. The van der Waals surface area contributed by atoms with Crippen molar-refractivity contribution in [3.05, 3.63) is 64.7 Å². The molecule has 3 nitrogen and oxygen atoms in total. The molecule has 0 aliphatic heterocycles. The zero-order chi connectivity index (χ0) is 15.4. The number of amides is 1. The quantitative estimate of drug-likeness (QED) is 0.873. The molecule has 3 rings (SSSR count). The summed E-state index contributed by atoms with van der Waals surface area (Å²) in [6.45, 7) is 1.16. The third-order valence-corrected chi connectivity index (χ3v) is 3.94. The van der Waals surface area contributed by atoms with Crippen molar-refractivity contribution in [3.8, 4) is 5.75 Å². The van der Waals surface area contributed by atoms with Gasteiger partial charge in [-0.1, -0.05) is 35.9 Å². The van der Waals surface area contributed by atoms with Crippen molar-refractivity contribution in [2.24, 2.45) is 5.92 Å². The highest BCUT2D eigenvalue weighted by molar-refractivity contribution is 6.30. The molecule has 0 saturated heterocycles. The van der Waals surface area contributed by atoms with Crippen LogP contribution in [-0.2, 0) is 6.61 Å². The number of para-hydroxylation sites is 1. The van der Waals surface area contributed by atoms with E-state index in [1.807, 2.05) is 42.5 Å². The first-order valence-electron chi connectivity index (χ1n) is 7.47. The van der Waals surface area contributed by atoms with Crippen LogP contribution >= 0.6 is 11.6 Å². The average Bonchev–Trinajstić information content (AvgIpc) is 3.37. The summed E-state index contributed by atoms with van der Waals surface area (Å²) in [5, 5.41) is 3.67. The molecular weight excluding hydrogens is 298 g/mol. The molecule has 4 heteroatoms. The van der Waals surface area contributed by atoms with Crippen LogP contribution in [0.2, 0.25) is 5.02 Å². The highest BCUT2D eigenvalue weighted by atomic mass is 35.5. The molecule has 1 aliphatic rings. The van der Waals surface area contributed by atoms with Gasteiger partial charge in [0.25, 0.3) is 5.91 Å². The van der Waals surface area contributed by atoms with Crippen LogP contribution in [-0.4, -0.2) is 12.5 Å². The van der Waals surface area contributed by atoms with Crippen molar-refractivity contribution in [3.63, 3.8) is 0 Å². The molecule has 0 bridgehead atoms. The average molecular weight is 316 g/mol. The highest BCUT2D eigenvalue weighted by Crippen LogP contribution is 2.28. The Morgan fingerprint density at radius 2 is 1.86 bits per heavy atom. The van der Waals surface area contributed by atoms with E-state index in [-0.39, 0.29) is 5.91 Å². The summed E-state index contributed by atoms with van der Waals surface area (Å²) in [5.74, 6) is 1.19. The number of hydrogen-bond acceptors (Lipinski definition) is 2. The van der Waals surface area contributed by atoms with Gasteiger partial charge in [-0.05, 0) is 48.6 Å². The molecule has 1 amide bonds. The number of carbonyl (C=O) groups excluding carboxylic acids is 1.